The Morgan fingerprint density at radius 1 is 1.40 bits per heavy atom. The van der Waals surface area contributed by atoms with E-state index < -0.39 is 0 Å². The maximum absolute atomic E-state index is 4.72. The molecular weight excluding hydrogens is 148 g/mol. The zero-order valence-electron chi connectivity index (χ0n) is 4.85. The predicted octanol–water partition coefficient (Wildman–Crippen LogP) is 1.10. The van der Waals surface area contributed by atoms with Gasteiger partial charge in [-0.15, -0.1) is 5.11 Å². The molecule has 0 unspecified atom stereocenters. The first kappa shape index (κ1) is 5.55. The Kier molecular flexibility index (Phi) is 1.04. The summed E-state index contributed by atoms with van der Waals surface area (Å²) in [6.45, 7) is 0. The molecule has 0 amide bonds. The number of hydrogen-bond donors (Lipinski definition) is 0. The van der Waals surface area contributed by atoms with E-state index in [9.17, 15) is 0 Å². The number of amidine groups is 1. The Bertz CT molecular complexity index is 310. The fourth-order valence-corrected chi connectivity index (χ4v) is 0.823. The van der Waals surface area contributed by atoms with Crippen LogP contribution in [0.15, 0.2) is 32.0 Å². The van der Waals surface area contributed by atoms with Crippen LogP contribution in [0.1, 0.15) is 0 Å². The van der Waals surface area contributed by atoms with E-state index in [4.69, 9.17) is 12.2 Å². The molecule has 0 aromatic rings. The van der Waals surface area contributed by atoms with Crippen molar-refractivity contribution in [1.29, 1.82) is 0 Å². The van der Waals surface area contributed by atoms with Gasteiger partial charge >= 0.3 is 0 Å². The standard InChI is InChI=1S/C5H2N4S/c10-5-6-1-3-2-7-9-4(3)8-5/h1-2H. The van der Waals surface area contributed by atoms with Gasteiger partial charge in [-0.05, 0) is 12.2 Å². The molecule has 0 saturated heterocycles. The number of rotatable bonds is 0. The van der Waals surface area contributed by atoms with Crippen LogP contribution in [0.4, 0.5) is 0 Å². The molecular formula is C5H2N4S. The Hall–Kier alpha value is -1.23. The van der Waals surface area contributed by atoms with Gasteiger partial charge in [0.2, 0.25) is 5.11 Å². The highest BCUT2D eigenvalue weighted by atomic mass is 32.1. The summed E-state index contributed by atoms with van der Waals surface area (Å²) >= 11 is 4.72. The normalized spacial score (nSPS) is 20.6. The van der Waals surface area contributed by atoms with E-state index in [2.05, 4.69) is 20.2 Å². The number of hydrogen-bond acceptors (Lipinski definition) is 3. The molecule has 5 heteroatoms. The monoisotopic (exact) mass is 150 g/mol. The zero-order valence-corrected chi connectivity index (χ0v) is 5.67. The summed E-state index contributed by atoms with van der Waals surface area (Å²) in [6, 6.07) is 0. The lowest BCUT2D eigenvalue weighted by atomic mass is 10.3. The zero-order chi connectivity index (χ0) is 6.97. The van der Waals surface area contributed by atoms with Crippen molar-refractivity contribution in [3.63, 3.8) is 0 Å². The van der Waals surface area contributed by atoms with Crippen LogP contribution in [0.25, 0.3) is 0 Å². The number of fused-ring (bicyclic) bond motifs is 1. The third-order valence-corrected chi connectivity index (χ3v) is 1.32. The second-order valence-corrected chi connectivity index (χ2v) is 2.14. The molecule has 2 rings (SSSR count). The number of thiocarbonyl (C=S) groups is 1. The summed E-state index contributed by atoms with van der Waals surface area (Å²) in [5.41, 5.74) is 0.827. The quantitative estimate of drug-likeness (QED) is 0.477. The minimum absolute atomic E-state index is 0.313. The smallest absolute Gasteiger partial charge is 0.221 e. The van der Waals surface area contributed by atoms with E-state index in [1.807, 2.05) is 0 Å². The molecule has 0 aromatic carbocycles. The molecule has 10 heavy (non-hydrogen) atoms. The van der Waals surface area contributed by atoms with Gasteiger partial charge in [0.15, 0.2) is 5.84 Å². The molecule has 0 aliphatic carbocycles. The van der Waals surface area contributed by atoms with Gasteiger partial charge in [-0.3, -0.25) is 0 Å². The van der Waals surface area contributed by atoms with Crippen molar-refractivity contribution in [3.05, 3.63) is 11.8 Å². The molecule has 0 radical (unpaired) electrons. The number of nitrogens with zero attached hydrogens (tertiary/aromatic N) is 4. The van der Waals surface area contributed by atoms with Crippen LogP contribution in [0.3, 0.4) is 0 Å². The largest absolute Gasteiger partial charge is 0.226 e. The topological polar surface area (TPSA) is 49.4 Å². The maximum Gasteiger partial charge on any atom is 0.221 e. The molecule has 0 fully saturated rings. The fourth-order valence-electron chi connectivity index (χ4n) is 0.683. The highest BCUT2D eigenvalue weighted by Gasteiger charge is 2.13. The van der Waals surface area contributed by atoms with Crippen molar-refractivity contribution >= 4 is 29.4 Å². The van der Waals surface area contributed by atoms with E-state index in [1.165, 1.54) is 0 Å². The lowest BCUT2D eigenvalue weighted by Gasteiger charge is -1.98. The van der Waals surface area contributed by atoms with Crippen molar-refractivity contribution in [2.24, 2.45) is 20.2 Å². The predicted molar refractivity (Wildman–Crippen MR) is 41.5 cm³/mol. The second-order valence-electron chi connectivity index (χ2n) is 1.78. The summed E-state index contributed by atoms with van der Waals surface area (Å²) in [7, 11) is 0. The minimum atomic E-state index is 0.313. The van der Waals surface area contributed by atoms with Gasteiger partial charge in [0.05, 0.1) is 11.8 Å². The van der Waals surface area contributed by atoms with Crippen LogP contribution in [0, 0.1) is 0 Å². The van der Waals surface area contributed by atoms with Crippen LogP contribution >= 0.6 is 12.2 Å². The van der Waals surface area contributed by atoms with E-state index in [0.717, 1.165) is 5.57 Å². The third kappa shape index (κ3) is 0.714. The van der Waals surface area contributed by atoms with Crippen LogP contribution in [-0.4, -0.2) is 17.2 Å². The van der Waals surface area contributed by atoms with Gasteiger partial charge in [0.25, 0.3) is 0 Å². The average molecular weight is 150 g/mol. The molecule has 0 spiro atoms. The van der Waals surface area contributed by atoms with Crippen molar-refractivity contribution in [2.75, 3.05) is 0 Å². The highest BCUT2D eigenvalue weighted by molar-refractivity contribution is 7.80. The molecule has 0 N–H and O–H groups in total. The lowest BCUT2D eigenvalue weighted by molar-refractivity contribution is 1.32. The summed E-state index contributed by atoms with van der Waals surface area (Å²) in [5.74, 6) is 0.569. The third-order valence-electron chi connectivity index (χ3n) is 1.12. The Morgan fingerprint density at radius 3 is 3.20 bits per heavy atom. The van der Waals surface area contributed by atoms with Gasteiger partial charge in [-0.2, -0.15) is 10.1 Å². The molecule has 2 aliphatic heterocycles. The van der Waals surface area contributed by atoms with Crippen molar-refractivity contribution in [1.82, 2.24) is 0 Å². The van der Waals surface area contributed by atoms with E-state index in [-0.39, 0.29) is 0 Å². The van der Waals surface area contributed by atoms with Crippen molar-refractivity contribution in [3.8, 4) is 0 Å². The van der Waals surface area contributed by atoms with Crippen LogP contribution in [0.2, 0.25) is 0 Å². The SMILES string of the molecule is S=C1N=CC2=CN=NC2=N1. The molecule has 2 aliphatic rings. The van der Waals surface area contributed by atoms with Gasteiger partial charge < -0.3 is 0 Å². The minimum Gasteiger partial charge on any atom is -0.226 e. The Morgan fingerprint density at radius 2 is 2.30 bits per heavy atom. The first-order valence-corrected chi connectivity index (χ1v) is 3.05. The fraction of sp³-hybridized carbons (Fsp3) is 0. The van der Waals surface area contributed by atoms with E-state index >= 15 is 0 Å². The molecule has 4 nitrogen and oxygen atoms in total. The van der Waals surface area contributed by atoms with Gasteiger partial charge in [0.1, 0.15) is 0 Å². The van der Waals surface area contributed by atoms with Crippen LogP contribution < -0.4 is 0 Å². The van der Waals surface area contributed by atoms with Crippen LogP contribution in [0.5, 0.6) is 0 Å². The lowest BCUT2D eigenvalue weighted by Crippen LogP contribution is -2.05. The summed E-state index contributed by atoms with van der Waals surface area (Å²) in [4.78, 5) is 7.67. The summed E-state index contributed by atoms with van der Waals surface area (Å²) < 4.78 is 0. The first-order chi connectivity index (χ1) is 4.86. The highest BCUT2D eigenvalue weighted by Crippen LogP contribution is 2.10. The molecule has 2 heterocycles. The molecule has 0 aromatic heterocycles. The molecule has 0 atom stereocenters. The molecule has 0 bridgehead atoms. The second kappa shape index (κ2) is 1.88. The molecule has 48 valence electrons. The van der Waals surface area contributed by atoms with Crippen LogP contribution in [-0.2, 0) is 0 Å². The number of aliphatic imine (C=N–C) groups is 2. The molecule has 0 saturated carbocycles. The summed E-state index contributed by atoms with van der Waals surface area (Å²) in [5, 5.41) is 7.67. The Labute approximate surface area is 62.1 Å². The average Bonchev–Trinajstić information content (AvgIpc) is 2.33. The number of azo groups is 1. The van der Waals surface area contributed by atoms with E-state index in [1.54, 1.807) is 12.4 Å². The van der Waals surface area contributed by atoms with Gasteiger partial charge in [-0.25, -0.2) is 4.99 Å². The first-order valence-electron chi connectivity index (χ1n) is 2.64. The van der Waals surface area contributed by atoms with Gasteiger partial charge in [-0.1, -0.05) is 0 Å². The maximum atomic E-state index is 4.72. The van der Waals surface area contributed by atoms with Gasteiger partial charge in [0, 0.05) is 6.21 Å². The van der Waals surface area contributed by atoms with E-state index in [0.29, 0.717) is 10.9 Å². The summed E-state index contributed by atoms with van der Waals surface area (Å²) in [6.07, 6.45) is 3.22. The Balaban J connectivity index is 2.51. The van der Waals surface area contributed by atoms with Crippen molar-refractivity contribution in [2.45, 2.75) is 0 Å². The van der Waals surface area contributed by atoms with Crippen molar-refractivity contribution < 1.29 is 0 Å².